The van der Waals surface area contributed by atoms with Gasteiger partial charge in [-0.05, 0) is 36.8 Å². The van der Waals surface area contributed by atoms with E-state index in [1.54, 1.807) is 0 Å². The molecule has 0 amide bonds. The summed E-state index contributed by atoms with van der Waals surface area (Å²) in [5.74, 6) is 0.267. The first-order valence-electron chi connectivity index (χ1n) is 7.28. The number of rotatable bonds is 4. The van der Waals surface area contributed by atoms with E-state index < -0.39 is 21.7 Å². The Labute approximate surface area is 146 Å². The standard InChI is InChI=1S/C15H13F3N4O3S/c1-9-7-22(20-13(9)15(16,17)18)8-12-19-14(21-25-12)10-3-5-11(6-4-10)26(2,23)24/h3-7H,8H2,1-2H3. The Balaban J connectivity index is 1.80. The van der Waals surface area contributed by atoms with Crippen LogP contribution in [0.1, 0.15) is 17.1 Å². The number of alkyl halides is 3. The van der Waals surface area contributed by atoms with Gasteiger partial charge in [0.05, 0.1) is 4.90 Å². The van der Waals surface area contributed by atoms with Gasteiger partial charge in [0.25, 0.3) is 0 Å². The second kappa shape index (κ2) is 6.24. The van der Waals surface area contributed by atoms with Gasteiger partial charge in [0, 0.05) is 18.0 Å². The lowest BCUT2D eigenvalue weighted by atomic mass is 10.2. The number of benzene rings is 1. The molecule has 2 aromatic heterocycles. The van der Waals surface area contributed by atoms with Crippen molar-refractivity contribution in [2.24, 2.45) is 0 Å². The molecule has 0 fully saturated rings. The van der Waals surface area contributed by atoms with Crippen LogP contribution in [0.25, 0.3) is 11.4 Å². The minimum absolute atomic E-state index is 0.00592. The highest BCUT2D eigenvalue weighted by molar-refractivity contribution is 7.90. The van der Waals surface area contributed by atoms with Gasteiger partial charge in [0.15, 0.2) is 15.5 Å². The molecule has 2 heterocycles. The number of halogens is 3. The van der Waals surface area contributed by atoms with Crippen LogP contribution >= 0.6 is 0 Å². The van der Waals surface area contributed by atoms with Gasteiger partial charge in [0.1, 0.15) is 6.54 Å². The second-order valence-corrected chi connectivity index (χ2v) is 7.68. The summed E-state index contributed by atoms with van der Waals surface area (Å²) >= 11 is 0. The van der Waals surface area contributed by atoms with E-state index in [1.807, 2.05) is 0 Å². The molecule has 0 N–H and O–H groups in total. The van der Waals surface area contributed by atoms with Crippen LogP contribution in [0.2, 0.25) is 0 Å². The van der Waals surface area contributed by atoms with Crippen LogP contribution < -0.4 is 0 Å². The molecular formula is C15H13F3N4O3S. The number of aromatic nitrogens is 4. The van der Waals surface area contributed by atoms with Crippen LogP contribution in [0.3, 0.4) is 0 Å². The lowest BCUT2D eigenvalue weighted by Gasteiger charge is -2.02. The summed E-state index contributed by atoms with van der Waals surface area (Å²) < 4.78 is 67.3. The van der Waals surface area contributed by atoms with E-state index in [2.05, 4.69) is 15.2 Å². The van der Waals surface area contributed by atoms with Crippen LogP contribution in [0.15, 0.2) is 39.9 Å². The SMILES string of the molecule is Cc1cn(Cc2nc(-c3ccc(S(C)(=O)=O)cc3)no2)nc1C(F)(F)F. The van der Waals surface area contributed by atoms with Gasteiger partial charge >= 0.3 is 6.18 Å². The highest BCUT2D eigenvalue weighted by Crippen LogP contribution is 2.30. The van der Waals surface area contributed by atoms with Crippen molar-refractivity contribution in [1.29, 1.82) is 0 Å². The third-order valence-electron chi connectivity index (χ3n) is 3.52. The molecule has 0 atom stereocenters. The predicted octanol–water partition coefficient (Wildman–Crippen LogP) is 2.71. The molecule has 138 valence electrons. The Morgan fingerprint density at radius 1 is 1.19 bits per heavy atom. The smallest absolute Gasteiger partial charge is 0.337 e. The van der Waals surface area contributed by atoms with Gasteiger partial charge in [-0.2, -0.15) is 23.3 Å². The van der Waals surface area contributed by atoms with E-state index in [4.69, 9.17) is 4.52 Å². The average molecular weight is 386 g/mol. The van der Waals surface area contributed by atoms with Gasteiger partial charge in [-0.1, -0.05) is 5.16 Å². The predicted molar refractivity (Wildman–Crippen MR) is 83.9 cm³/mol. The molecule has 0 radical (unpaired) electrons. The fraction of sp³-hybridized carbons (Fsp3) is 0.267. The van der Waals surface area contributed by atoms with Crippen molar-refractivity contribution in [2.45, 2.75) is 24.5 Å². The summed E-state index contributed by atoms with van der Waals surface area (Å²) in [6, 6.07) is 5.86. The Hall–Kier alpha value is -2.69. The maximum Gasteiger partial charge on any atom is 0.435 e. The minimum Gasteiger partial charge on any atom is -0.337 e. The third kappa shape index (κ3) is 3.77. The van der Waals surface area contributed by atoms with Crippen LogP contribution in [-0.4, -0.2) is 34.6 Å². The topological polar surface area (TPSA) is 90.9 Å². The normalized spacial score (nSPS) is 12.5. The molecule has 0 aliphatic rings. The lowest BCUT2D eigenvalue weighted by molar-refractivity contribution is -0.141. The van der Waals surface area contributed by atoms with E-state index >= 15 is 0 Å². The van der Waals surface area contributed by atoms with Gasteiger partial charge in [-0.3, -0.25) is 4.68 Å². The summed E-state index contributed by atoms with van der Waals surface area (Å²) in [7, 11) is -3.32. The summed E-state index contributed by atoms with van der Waals surface area (Å²) in [6.45, 7) is 1.19. The maximum absolute atomic E-state index is 12.8. The second-order valence-electron chi connectivity index (χ2n) is 5.66. The Morgan fingerprint density at radius 2 is 1.85 bits per heavy atom. The quantitative estimate of drug-likeness (QED) is 0.685. The Kier molecular flexibility index (Phi) is 4.34. The third-order valence-corrected chi connectivity index (χ3v) is 4.65. The van der Waals surface area contributed by atoms with Crippen molar-refractivity contribution in [3.8, 4) is 11.4 Å². The molecule has 11 heteroatoms. The van der Waals surface area contributed by atoms with Crippen molar-refractivity contribution in [3.05, 3.63) is 47.6 Å². The van der Waals surface area contributed by atoms with Crippen LogP contribution in [0, 0.1) is 6.92 Å². The molecule has 0 saturated heterocycles. The molecule has 0 aliphatic carbocycles. The first-order chi connectivity index (χ1) is 12.0. The lowest BCUT2D eigenvalue weighted by Crippen LogP contribution is -2.09. The molecule has 3 aromatic rings. The molecule has 0 saturated carbocycles. The summed E-state index contributed by atoms with van der Waals surface area (Å²) in [5.41, 5.74) is -0.456. The average Bonchev–Trinajstić information content (AvgIpc) is 3.13. The van der Waals surface area contributed by atoms with E-state index in [0.717, 1.165) is 10.9 Å². The van der Waals surface area contributed by atoms with Gasteiger partial charge in [-0.15, -0.1) is 0 Å². The van der Waals surface area contributed by atoms with Crippen LogP contribution in [-0.2, 0) is 22.6 Å². The molecule has 0 unspecified atom stereocenters. The van der Waals surface area contributed by atoms with Crippen molar-refractivity contribution in [2.75, 3.05) is 6.26 Å². The number of aryl methyl sites for hydroxylation is 1. The largest absolute Gasteiger partial charge is 0.435 e. The molecule has 0 aliphatic heterocycles. The zero-order valence-corrected chi connectivity index (χ0v) is 14.5. The molecule has 1 aromatic carbocycles. The Morgan fingerprint density at radius 3 is 2.38 bits per heavy atom. The molecule has 0 bridgehead atoms. The summed E-state index contributed by atoms with van der Waals surface area (Å²) in [6.07, 6.45) is -2.19. The summed E-state index contributed by atoms with van der Waals surface area (Å²) in [4.78, 5) is 4.25. The van der Waals surface area contributed by atoms with Crippen molar-refractivity contribution < 1.29 is 26.1 Å². The van der Waals surface area contributed by atoms with Gasteiger partial charge in [0.2, 0.25) is 11.7 Å². The zero-order chi connectivity index (χ0) is 19.1. The number of hydrogen-bond donors (Lipinski definition) is 0. The first-order valence-corrected chi connectivity index (χ1v) is 9.17. The van der Waals surface area contributed by atoms with E-state index in [9.17, 15) is 21.6 Å². The van der Waals surface area contributed by atoms with Crippen molar-refractivity contribution in [1.82, 2.24) is 19.9 Å². The van der Waals surface area contributed by atoms with Crippen molar-refractivity contribution in [3.63, 3.8) is 0 Å². The van der Waals surface area contributed by atoms with Crippen molar-refractivity contribution >= 4 is 9.84 Å². The van der Waals surface area contributed by atoms with Gasteiger partial charge in [-0.25, -0.2) is 8.42 Å². The van der Waals surface area contributed by atoms with E-state index in [-0.39, 0.29) is 28.7 Å². The molecular weight excluding hydrogens is 373 g/mol. The molecule has 7 nitrogen and oxygen atoms in total. The highest BCUT2D eigenvalue weighted by Gasteiger charge is 2.36. The maximum atomic E-state index is 12.8. The number of nitrogens with zero attached hydrogens (tertiary/aromatic N) is 4. The zero-order valence-electron chi connectivity index (χ0n) is 13.6. The fourth-order valence-electron chi connectivity index (χ4n) is 2.31. The molecule has 3 rings (SSSR count). The number of sulfone groups is 1. The number of hydrogen-bond acceptors (Lipinski definition) is 6. The van der Waals surface area contributed by atoms with E-state index in [0.29, 0.717) is 5.56 Å². The van der Waals surface area contributed by atoms with Crippen LogP contribution in [0.4, 0.5) is 13.2 Å². The minimum atomic E-state index is -4.53. The summed E-state index contributed by atoms with van der Waals surface area (Å²) in [5, 5.41) is 7.25. The van der Waals surface area contributed by atoms with Crippen LogP contribution in [0.5, 0.6) is 0 Å². The van der Waals surface area contributed by atoms with Gasteiger partial charge < -0.3 is 4.52 Å². The monoisotopic (exact) mass is 386 g/mol. The molecule has 0 spiro atoms. The molecule has 26 heavy (non-hydrogen) atoms. The van der Waals surface area contributed by atoms with E-state index in [1.165, 1.54) is 37.4 Å². The highest BCUT2D eigenvalue weighted by atomic mass is 32.2. The Bertz CT molecular complexity index is 1040. The first kappa shape index (κ1) is 18.1. The fourth-order valence-corrected chi connectivity index (χ4v) is 2.94.